The van der Waals surface area contributed by atoms with Gasteiger partial charge >= 0.3 is 0 Å². The molecule has 0 bridgehead atoms. The zero-order valence-electron chi connectivity index (χ0n) is 19.7. The van der Waals surface area contributed by atoms with Gasteiger partial charge in [-0.15, -0.1) is 0 Å². The molecule has 1 N–H and O–H groups in total. The lowest BCUT2D eigenvalue weighted by Gasteiger charge is -2.31. The minimum atomic E-state index is -3.81. The molecule has 0 spiro atoms. The Morgan fingerprint density at radius 3 is 1.90 bits per heavy atom. The van der Waals surface area contributed by atoms with Gasteiger partial charge in [-0.1, -0.05) is 57.5 Å². The molecule has 0 saturated carbocycles. The summed E-state index contributed by atoms with van der Waals surface area (Å²) < 4.78 is 28.4. The third-order valence-corrected chi connectivity index (χ3v) is 6.80. The number of hydrogen-bond acceptors (Lipinski definition) is 4. The summed E-state index contributed by atoms with van der Waals surface area (Å²) in [6, 6.07) is 14.3. The number of nitrogens with zero attached hydrogens (tertiary/aromatic N) is 2. The fourth-order valence-electron chi connectivity index (χ4n) is 3.77. The van der Waals surface area contributed by atoms with E-state index in [1.165, 1.54) is 4.31 Å². The van der Waals surface area contributed by atoms with Gasteiger partial charge in [-0.05, 0) is 55.5 Å². The standard InChI is InChI=1S/C25H38N2O3S/c1-19(2)15-26(16-20(3)4)17-24(28)18-27(23-9-7-8-22(6)14-23)31(29,30)25-12-10-21(5)11-13-25/h7-14,19-20,24,28H,15-18H2,1-6H3. The maximum atomic E-state index is 13.5. The molecule has 2 aromatic carbocycles. The Balaban J connectivity index is 2.33. The largest absolute Gasteiger partial charge is 0.390 e. The first-order valence-electron chi connectivity index (χ1n) is 11.1. The number of rotatable bonds is 11. The summed E-state index contributed by atoms with van der Waals surface area (Å²) in [5.41, 5.74) is 2.54. The summed E-state index contributed by atoms with van der Waals surface area (Å²) in [4.78, 5) is 2.46. The van der Waals surface area contributed by atoms with Crippen molar-refractivity contribution in [3.05, 3.63) is 59.7 Å². The van der Waals surface area contributed by atoms with Crippen molar-refractivity contribution in [2.24, 2.45) is 11.8 Å². The molecule has 2 rings (SSSR count). The summed E-state index contributed by atoms with van der Waals surface area (Å²) in [5.74, 6) is 0.935. The van der Waals surface area contributed by atoms with Crippen molar-refractivity contribution in [1.29, 1.82) is 0 Å². The van der Waals surface area contributed by atoms with Crippen LogP contribution in [0.25, 0.3) is 0 Å². The Kier molecular flexibility index (Phi) is 9.10. The second-order valence-corrected chi connectivity index (χ2v) is 11.2. The van der Waals surface area contributed by atoms with Gasteiger partial charge in [0, 0.05) is 19.6 Å². The van der Waals surface area contributed by atoms with Crippen LogP contribution in [-0.4, -0.2) is 50.7 Å². The van der Waals surface area contributed by atoms with Crippen LogP contribution in [0.5, 0.6) is 0 Å². The first kappa shape index (κ1) is 25.4. The van der Waals surface area contributed by atoms with E-state index in [9.17, 15) is 13.5 Å². The van der Waals surface area contributed by atoms with E-state index in [0.29, 0.717) is 24.1 Å². The van der Waals surface area contributed by atoms with Crippen molar-refractivity contribution in [2.45, 2.75) is 52.5 Å². The highest BCUT2D eigenvalue weighted by molar-refractivity contribution is 7.92. The van der Waals surface area contributed by atoms with E-state index in [1.54, 1.807) is 30.3 Å². The topological polar surface area (TPSA) is 60.9 Å². The molecule has 0 heterocycles. The molecular formula is C25H38N2O3S. The monoisotopic (exact) mass is 446 g/mol. The number of aliphatic hydroxyl groups excluding tert-OH is 1. The lowest BCUT2D eigenvalue weighted by molar-refractivity contribution is 0.104. The van der Waals surface area contributed by atoms with E-state index in [2.05, 4.69) is 32.6 Å². The SMILES string of the molecule is Cc1ccc(S(=O)(=O)N(CC(O)CN(CC(C)C)CC(C)C)c2cccc(C)c2)cc1. The Hall–Kier alpha value is -1.89. The van der Waals surface area contributed by atoms with E-state index in [4.69, 9.17) is 0 Å². The number of hydrogen-bond donors (Lipinski definition) is 1. The van der Waals surface area contributed by atoms with E-state index in [-0.39, 0.29) is 11.4 Å². The van der Waals surface area contributed by atoms with Crippen LogP contribution in [0.2, 0.25) is 0 Å². The van der Waals surface area contributed by atoms with Crippen LogP contribution in [0.15, 0.2) is 53.4 Å². The molecule has 0 fully saturated rings. The van der Waals surface area contributed by atoms with E-state index in [0.717, 1.165) is 24.2 Å². The van der Waals surface area contributed by atoms with Gasteiger partial charge in [0.1, 0.15) is 0 Å². The van der Waals surface area contributed by atoms with Crippen molar-refractivity contribution in [3.63, 3.8) is 0 Å². The molecule has 0 amide bonds. The summed E-state index contributed by atoms with van der Waals surface area (Å²) in [5, 5.41) is 11.0. The van der Waals surface area contributed by atoms with Gasteiger partial charge in [0.05, 0.1) is 23.2 Å². The number of anilines is 1. The molecule has 0 radical (unpaired) electrons. The van der Waals surface area contributed by atoms with Crippen LogP contribution in [0.4, 0.5) is 5.69 Å². The molecule has 0 saturated heterocycles. The third-order valence-electron chi connectivity index (χ3n) is 4.99. The maximum absolute atomic E-state index is 13.5. The number of benzene rings is 2. The van der Waals surface area contributed by atoms with Gasteiger partial charge in [0.2, 0.25) is 0 Å². The van der Waals surface area contributed by atoms with Crippen LogP contribution in [0.1, 0.15) is 38.8 Å². The molecule has 0 aliphatic carbocycles. The number of aryl methyl sites for hydroxylation is 2. The Morgan fingerprint density at radius 2 is 1.39 bits per heavy atom. The van der Waals surface area contributed by atoms with Gasteiger partial charge in [0.15, 0.2) is 0 Å². The molecule has 0 aliphatic heterocycles. The van der Waals surface area contributed by atoms with Crippen molar-refractivity contribution >= 4 is 15.7 Å². The lowest BCUT2D eigenvalue weighted by Crippen LogP contribution is -2.44. The Labute approximate surface area is 188 Å². The molecular weight excluding hydrogens is 408 g/mol. The fourth-order valence-corrected chi connectivity index (χ4v) is 5.26. The highest BCUT2D eigenvalue weighted by Crippen LogP contribution is 2.25. The van der Waals surface area contributed by atoms with Gasteiger partial charge in [0.25, 0.3) is 10.0 Å². The molecule has 6 heteroatoms. The number of sulfonamides is 1. The third kappa shape index (κ3) is 7.63. The van der Waals surface area contributed by atoms with Gasteiger partial charge in [-0.25, -0.2) is 8.42 Å². The van der Waals surface area contributed by atoms with Gasteiger partial charge in [-0.3, -0.25) is 4.31 Å². The van der Waals surface area contributed by atoms with Crippen molar-refractivity contribution in [3.8, 4) is 0 Å². The second-order valence-electron chi connectivity index (χ2n) is 9.35. The molecule has 1 atom stereocenters. The average Bonchev–Trinajstić information content (AvgIpc) is 2.65. The first-order valence-corrected chi connectivity index (χ1v) is 12.5. The summed E-state index contributed by atoms with van der Waals surface area (Å²) in [6.07, 6.45) is -0.807. The van der Waals surface area contributed by atoms with Gasteiger partial charge in [-0.2, -0.15) is 0 Å². The van der Waals surface area contributed by atoms with Crippen molar-refractivity contribution in [2.75, 3.05) is 30.5 Å². The molecule has 0 aliphatic rings. The van der Waals surface area contributed by atoms with Gasteiger partial charge < -0.3 is 10.0 Å². The molecule has 1 unspecified atom stereocenters. The minimum Gasteiger partial charge on any atom is -0.390 e. The predicted octanol–water partition coefficient (Wildman–Crippen LogP) is 4.47. The van der Waals surface area contributed by atoms with Crippen LogP contribution in [-0.2, 0) is 10.0 Å². The van der Waals surface area contributed by atoms with E-state index in [1.807, 2.05) is 32.0 Å². The molecule has 0 aromatic heterocycles. The summed E-state index contributed by atoms with van der Waals surface area (Å²) in [6.45, 7) is 14.6. The van der Waals surface area contributed by atoms with E-state index < -0.39 is 16.1 Å². The molecule has 31 heavy (non-hydrogen) atoms. The highest BCUT2D eigenvalue weighted by Gasteiger charge is 2.28. The quantitative estimate of drug-likeness (QED) is 0.553. The number of aliphatic hydroxyl groups is 1. The molecule has 2 aromatic rings. The first-order chi connectivity index (χ1) is 14.5. The van der Waals surface area contributed by atoms with Crippen LogP contribution in [0, 0.1) is 25.7 Å². The highest BCUT2D eigenvalue weighted by atomic mass is 32.2. The van der Waals surface area contributed by atoms with Crippen LogP contribution < -0.4 is 4.31 Å². The van der Waals surface area contributed by atoms with Crippen LogP contribution >= 0.6 is 0 Å². The Bertz CT molecular complexity index is 914. The predicted molar refractivity (Wildman–Crippen MR) is 129 cm³/mol. The van der Waals surface area contributed by atoms with E-state index >= 15 is 0 Å². The molecule has 5 nitrogen and oxygen atoms in total. The van der Waals surface area contributed by atoms with Crippen molar-refractivity contribution < 1.29 is 13.5 Å². The molecule has 172 valence electrons. The zero-order chi connectivity index (χ0) is 23.2. The normalized spacial score (nSPS) is 13.2. The summed E-state index contributed by atoms with van der Waals surface area (Å²) >= 11 is 0. The smallest absolute Gasteiger partial charge is 0.264 e. The maximum Gasteiger partial charge on any atom is 0.264 e. The lowest BCUT2D eigenvalue weighted by atomic mass is 10.1. The van der Waals surface area contributed by atoms with Crippen molar-refractivity contribution in [1.82, 2.24) is 4.90 Å². The summed E-state index contributed by atoms with van der Waals surface area (Å²) in [7, 11) is -3.81. The average molecular weight is 447 g/mol. The fraction of sp³-hybridized carbons (Fsp3) is 0.520. The minimum absolute atomic E-state index is 0.00630. The second kappa shape index (κ2) is 11.1. The van der Waals surface area contributed by atoms with Crippen LogP contribution in [0.3, 0.4) is 0 Å². The zero-order valence-corrected chi connectivity index (χ0v) is 20.6. The Morgan fingerprint density at radius 1 is 0.806 bits per heavy atom.